The second-order valence-electron chi connectivity index (χ2n) is 3.54. The molecule has 0 spiro atoms. The molecule has 1 fully saturated rings. The molecule has 1 heterocycles. The first kappa shape index (κ1) is 9.21. The van der Waals surface area contributed by atoms with Crippen LogP contribution in [0.15, 0.2) is 6.33 Å². The van der Waals surface area contributed by atoms with Gasteiger partial charge in [0.15, 0.2) is 5.69 Å². The van der Waals surface area contributed by atoms with Crippen molar-refractivity contribution in [1.82, 2.24) is 15.3 Å². The monoisotopic (exact) mass is 195 g/mol. The molecule has 0 saturated heterocycles. The number of aromatic carboxylic acids is 1. The van der Waals surface area contributed by atoms with Gasteiger partial charge in [-0.05, 0) is 12.8 Å². The maximum Gasteiger partial charge on any atom is 0.356 e. The summed E-state index contributed by atoms with van der Waals surface area (Å²) in [5.41, 5.74) is 0.779. The summed E-state index contributed by atoms with van der Waals surface area (Å²) in [7, 11) is 0. The van der Waals surface area contributed by atoms with Crippen molar-refractivity contribution in [3.05, 3.63) is 17.7 Å². The van der Waals surface area contributed by atoms with Gasteiger partial charge in [-0.25, -0.2) is 9.78 Å². The smallest absolute Gasteiger partial charge is 0.356 e. The van der Waals surface area contributed by atoms with Crippen LogP contribution in [0.2, 0.25) is 0 Å². The number of hydrogen-bond acceptors (Lipinski definition) is 3. The summed E-state index contributed by atoms with van der Waals surface area (Å²) in [5.74, 6) is -0.975. The van der Waals surface area contributed by atoms with Crippen LogP contribution >= 0.6 is 0 Å². The van der Waals surface area contributed by atoms with Crippen LogP contribution < -0.4 is 5.32 Å². The second-order valence-corrected chi connectivity index (χ2v) is 3.54. The average Bonchev–Trinajstić information content (AvgIpc) is 2.49. The van der Waals surface area contributed by atoms with Gasteiger partial charge in [-0.3, -0.25) is 0 Å². The standard InChI is InChI=1S/C9H13N3O2/c13-9(14)8-7(11-5-12-8)4-10-6-2-1-3-6/h5-6,10H,1-4H2,(H,11,12)(H,13,14). The van der Waals surface area contributed by atoms with Gasteiger partial charge in [-0.2, -0.15) is 0 Å². The van der Waals surface area contributed by atoms with E-state index in [0.29, 0.717) is 18.3 Å². The van der Waals surface area contributed by atoms with Gasteiger partial charge in [0.05, 0.1) is 12.0 Å². The second kappa shape index (κ2) is 3.79. The summed E-state index contributed by atoms with van der Waals surface area (Å²) in [6, 6.07) is 0.556. The molecule has 3 N–H and O–H groups in total. The van der Waals surface area contributed by atoms with Crippen LogP contribution in [0.25, 0.3) is 0 Å². The van der Waals surface area contributed by atoms with Crippen LogP contribution in [0.5, 0.6) is 0 Å². The molecule has 0 radical (unpaired) electrons. The molecule has 0 unspecified atom stereocenters. The highest BCUT2D eigenvalue weighted by Gasteiger charge is 2.18. The van der Waals surface area contributed by atoms with Crippen molar-refractivity contribution in [2.75, 3.05) is 0 Å². The Morgan fingerprint density at radius 2 is 2.50 bits per heavy atom. The van der Waals surface area contributed by atoms with Gasteiger partial charge in [0.2, 0.25) is 0 Å². The van der Waals surface area contributed by atoms with Crippen molar-refractivity contribution >= 4 is 5.97 Å². The Morgan fingerprint density at radius 1 is 1.71 bits per heavy atom. The fourth-order valence-electron chi connectivity index (χ4n) is 1.50. The quantitative estimate of drug-likeness (QED) is 0.662. The highest BCUT2D eigenvalue weighted by atomic mass is 16.4. The molecule has 5 heteroatoms. The predicted octanol–water partition coefficient (Wildman–Crippen LogP) is 0.750. The normalized spacial score (nSPS) is 16.6. The molecule has 0 bridgehead atoms. The van der Waals surface area contributed by atoms with Crippen molar-refractivity contribution < 1.29 is 9.90 Å². The zero-order valence-corrected chi connectivity index (χ0v) is 7.79. The maximum absolute atomic E-state index is 10.7. The van der Waals surface area contributed by atoms with Crippen molar-refractivity contribution in [2.24, 2.45) is 0 Å². The van der Waals surface area contributed by atoms with E-state index in [1.54, 1.807) is 0 Å². The summed E-state index contributed by atoms with van der Waals surface area (Å²) in [6.07, 6.45) is 5.07. The van der Waals surface area contributed by atoms with E-state index in [1.807, 2.05) is 0 Å². The highest BCUT2D eigenvalue weighted by Crippen LogP contribution is 2.18. The van der Waals surface area contributed by atoms with E-state index in [-0.39, 0.29) is 5.69 Å². The zero-order valence-electron chi connectivity index (χ0n) is 7.79. The molecule has 1 aliphatic carbocycles. The van der Waals surface area contributed by atoms with Gasteiger partial charge in [0.25, 0.3) is 0 Å². The molecule has 1 aromatic rings. The Kier molecular flexibility index (Phi) is 2.49. The SMILES string of the molecule is O=C(O)c1nc[nH]c1CNC1CCC1. The van der Waals surface area contributed by atoms with Crippen molar-refractivity contribution in [3.63, 3.8) is 0 Å². The molecule has 2 rings (SSSR count). The number of H-pyrrole nitrogens is 1. The first-order valence-corrected chi connectivity index (χ1v) is 4.76. The number of aromatic amines is 1. The molecule has 0 amide bonds. The number of carboxylic acids is 1. The summed E-state index contributed by atoms with van der Waals surface area (Å²) < 4.78 is 0. The van der Waals surface area contributed by atoms with Crippen LogP contribution in [0.3, 0.4) is 0 Å². The van der Waals surface area contributed by atoms with Crippen molar-refractivity contribution in [2.45, 2.75) is 31.8 Å². The van der Waals surface area contributed by atoms with Gasteiger partial charge in [0, 0.05) is 12.6 Å². The van der Waals surface area contributed by atoms with E-state index in [9.17, 15) is 4.79 Å². The third-order valence-corrected chi connectivity index (χ3v) is 2.59. The lowest BCUT2D eigenvalue weighted by molar-refractivity contribution is 0.0689. The van der Waals surface area contributed by atoms with Gasteiger partial charge >= 0.3 is 5.97 Å². The highest BCUT2D eigenvalue weighted by molar-refractivity contribution is 5.86. The van der Waals surface area contributed by atoms with Gasteiger partial charge in [-0.15, -0.1) is 0 Å². The number of carboxylic acid groups (broad SMARTS) is 1. The Bertz CT molecular complexity index is 331. The molecule has 1 aliphatic rings. The minimum Gasteiger partial charge on any atom is -0.476 e. The number of aromatic nitrogens is 2. The van der Waals surface area contributed by atoms with E-state index in [4.69, 9.17) is 5.11 Å². The van der Waals surface area contributed by atoms with E-state index < -0.39 is 5.97 Å². The Labute approximate surface area is 81.5 Å². The molecular formula is C9H13N3O2. The fourth-order valence-corrected chi connectivity index (χ4v) is 1.50. The predicted molar refractivity (Wildman–Crippen MR) is 50.0 cm³/mol. The number of hydrogen-bond donors (Lipinski definition) is 3. The van der Waals surface area contributed by atoms with E-state index in [2.05, 4.69) is 15.3 Å². The third kappa shape index (κ3) is 1.77. The lowest BCUT2D eigenvalue weighted by Crippen LogP contribution is -2.34. The van der Waals surface area contributed by atoms with Crippen LogP contribution in [0.1, 0.15) is 35.4 Å². The fraction of sp³-hybridized carbons (Fsp3) is 0.556. The third-order valence-electron chi connectivity index (χ3n) is 2.59. The van der Waals surface area contributed by atoms with Crippen LogP contribution in [0.4, 0.5) is 0 Å². The lowest BCUT2D eigenvalue weighted by Gasteiger charge is -2.26. The minimum absolute atomic E-state index is 0.122. The summed E-state index contributed by atoms with van der Waals surface area (Å²) in [6.45, 7) is 0.562. The zero-order chi connectivity index (χ0) is 9.97. The maximum atomic E-state index is 10.7. The van der Waals surface area contributed by atoms with Crippen LogP contribution in [-0.2, 0) is 6.54 Å². The van der Waals surface area contributed by atoms with E-state index >= 15 is 0 Å². The lowest BCUT2D eigenvalue weighted by atomic mass is 9.93. The Hall–Kier alpha value is -1.36. The molecular weight excluding hydrogens is 182 g/mol. The molecule has 0 atom stereocenters. The van der Waals surface area contributed by atoms with E-state index in [1.165, 1.54) is 25.6 Å². The number of nitrogens with zero attached hydrogens (tertiary/aromatic N) is 1. The minimum atomic E-state index is -0.975. The number of carbonyl (C=O) groups is 1. The molecule has 1 saturated carbocycles. The Morgan fingerprint density at radius 3 is 3.07 bits per heavy atom. The summed E-state index contributed by atoms with van der Waals surface area (Å²) in [5, 5.41) is 12.1. The van der Waals surface area contributed by atoms with Crippen molar-refractivity contribution in [1.29, 1.82) is 0 Å². The van der Waals surface area contributed by atoms with Crippen LogP contribution in [-0.4, -0.2) is 27.1 Å². The van der Waals surface area contributed by atoms with Gasteiger partial charge < -0.3 is 15.4 Å². The van der Waals surface area contributed by atoms with Gasteiger partial charge in [-0.1, -0.05) is 6.42 Å². The molecule has 0 aromatic carbocycles. The van der Waals surface area contributed by atoms with Crippen LogP contribution in [0, 0.1) is 0 Å². The number of imidazole rings is 1. The van der Waals surface area contributed by atoms with Gasteiger partial charge in [0.1, 0.15) is 0 Å². The Balaban J connectivity index is 1.94. The molecule has 5 nitrogen and oxygen atoms in total. The first-order valence-electron chi connectivity index (χ1n) is 4.76. The summed E-state index contributed by atoms with van der Waals surface area (Å²) in [4.78, 5) is 17.3. The van der Waals surface area contributed by atoms with Crippen molar-refractivity contribution in [3.8, 4) is 0 Å². The molecule has 14 heavy (non-hydrogen) atoms. The molecule has 0 aliphatic heterocycles. The molecule has 1 aromatic heterocycles. The van der Waals surface area contributed by atoms with E-state index in [0.717, 1.165) is 0 Å². The number of nitrogens with one attached hydrogen (secondary N) is 2. The summed E-state index contributed by atoms with van der Waals surface area (Å²) >= 11 is 0. The molecule has 76 valence electrons. The average molecular weight is 195 g/mol. The largest absolute Gasteiger partial charge is 0.476 e. The number of rotatable bonds is 4. The topological polar surface area (TPSA) is 78.0 Å². The first-order chi connectivity index (χ1) is 6.77.